The van der Waals surface area contributed by atoms with E-state index in [9.17, 15) is 9.59 Å². The molecular weight excluding hydrogens is 362 g/mol. The van der Waals surface area contributed by atoms with Crippen LogP contribution in [0.25, 0.3) is 0 Å². The molecular formula is C17H12BrNO2S. The van der Waals surface area contributed by atoms with Crippen LogP contribution in [0, 0.1) is 0 Å². The number of hydrogen-bond donors (Lipinski definition) is 0. The third-order valence-corrected chi connectivity index (χ3v) is 5.03. The third-order valence-electron chi connectivity index (χ3n) is 3.27. The van der Waals surface area contributed by atoms with Crippen LogP contribution in [0.1, 0.15) is 17.3 Å². The highest BCUT2D eigenvalue weighted by Gasteiger charge is 2.27. The number of rotatable bonds is 2. The van der Waals surface area contributed by atoms with E-state index >= 15 is 0 Å². The molecule has 0 atom stereocenters. The normalized spacial score (nSPS) is 15.0. The SMILES string of the molecule is CC(=O)N(/C=C1\Sc2ccccc2C1=O)c1ccccc1Br. The maximum atomic E-state index is 12.4. The van der Waals surface area contributed by atoms with Crippen LogP contribution in [-0.2, 0) is 4.79 Å². The fourth-order valence-electron chi connectivity index (χ4n) is 2.22. The number of halogens is 1. The van der Waals surface area contributed by atoms with Crippen molar-refractivity contribution >= 4 is 45.1 Å². The molecule has 0 fully saturated rings. The predicted molar refractivity (Wildman–Crippen MR) is 92.0 cm³/mol. The zero-order chi connectivity index (χ0) is 15.7. The molecule has 0 unspecified atom stereocenters. The van der Waals surface area contributed by atoms with Crippen molar-refractivity contribution in [1.29, 1.82) is 0 Å². The Hall–Kier alpha value is -1.85. The van der Waals surface area contributed by atoms with E-state index < -0.39 is 0 Å². The second-order valence-corrected chi connectivity index (χ2v) is 6.70. The number of benzene rings is 2. The van der Waals surface area contributed by atoms with Gasteiger partial charge in [-0.3, -0.25) is 14.5 Å². The number of para-hydroxylation sites is 1. The van der Waals surface area contributed by atoms with Crippen LogP contribution < -0.4 is 4.90 Å². The van der Waals surface area contributed by atoms with Gasteiger partial charge in [-0.15, -0.1) is 0 Å². The van der Waals surface area contributed by atoms with Gasteiger partial charge in [0.25, 0.3) is 0 Å². The molecule has 1 amide bonds. The van der Waals surface area contributed by atoms with Crippen molar-refractivity contribution in [2.45, 2.75) is 11.8 Å². The topological polar surface area (TPSA) is 37.4 Å². The second-order valence-electron chi connectivity index (χ2n) is 4.76. The van der Waals surface area contributed by atoms with Gasteiger partial charge < -0.3 is 0 Å². The summed E-state index contributed by atoms with van der Waals surface area (Å²) in [6.07, 6.45) is 1.62. The quantitative estimate of drug-likeness (QED) is 0.720. The Kier molecular flexibility index (Phi) is 4.18. The first-order chi connectivity index (χ1) is 10.6. The Morgan fingerprint density at radius 1 is 1.14 bits per heavy atom. The van der Waals surface area contributed by atoms with Crippen LogP contribution in [0.2, 0.25) is 0 Å². The van der Waals surface area contributed by atoms with Gasteiger partial charge >= 0.3 is 0 Å². The number of allylic oxidation sites excluding steroid dienone is 1. The van der Waals surface area contributed by atoms with Gasteiger partial charge in [0.2, 0.25) is 11.7 Å². The zero-order valence-electron chi connectivity index (χ0n) is 11.7. The maximum absolute atomic E-state index is 12.4. The van der Waals surface area contributed by atoms with Crippen molar-refractivity contribution in [3.8, 4) is 0 Å². The van der Waals surface area contributed by atoms with E-state index in [0.29, 0.717) is 16.2 Å². The van der Waals surface area contributed by atoms with Gasteiger partial charge in [0, 0.05) is 28.1 Å². The zero-order valence-corrected chi connectivity index (χ0v) is 14.1. The van der Waals surface area contributed by atoms with Crippen molar-refractivity contribution in [2.75, 3.05) is 4.90 Å². The van der Waals surface area contributed by atoms with Gasteiger partial charge in [-0.1, -0.05) is 36.0 Å². The Bertz CT molecular complexity index is 801. The highest BCUT2D eigenvalue weighted by Crippen LogP contribution is 2.40. The number of nitrogens with zero attached hydrogens (tertiary/aromatic N) is 1. The Morgan fingerprint density at radius 3 is 2.50 bits per heavy atom. The lowest BCUT2D eigenvalue weighted by Gasteiger charge is -2.18. The first-order valence-corrected chi connectivity index (χ1v) is 8.26. The van der Waals surface area contributed by atoms with Crippen LogP contribution in [0.3, 0.4) is 0 Å². The molecule has 0 saturated carbocycles. The smallest absolute Gasteiger partial charge is 0.228 e. The molecule has 0 N–H and O–H groups in total. The van der Waals surface area contributed by atoms with E-state index in [2.05, 4.69) is 15.9 Å². The summed E-state index contributed by atoms with van der Waals surface area (Å²) in [4.78, 5) is 27.4. The lowest BCUT2D eigenvalue weighted by atomic mass is 10.1. The average molecular weight is 374 g/mol. The summed E-state index contributed by atoms with van der Waals surface area (Å²) in [6.45, 7) is 1.48. The molecule has 2 aromatic rings. The summed E-state index contributed by atoms with van der Waals surface area (Å²) in [7, 11) is 0. The number of fused-ring (bicyclic) bond motifs is 1. The molecule has 0 radical (unpaired) electrons. The number of anilines is 1. The summed E-state index contributed by atoms with van der Waals surface area (Å²) < 4.78 is 0.801. The van der Waals surface area contributed by atoms with Crippen molar-refractivity contribution in [3.63, 3.8) is 0 Å². The predicted octanol–water partition coefficient (Wildman–Crippen LogP) is 4.63. The molecule has 22 heavy (non-hydrogen) atoms. The van der Waals surface area contributed by atoms with Crippen molar-refractivity contribution in [2.24, 2.45) is 0 Å². The van der Waals surface area contributed by atoms with Gasteiger partial charge in [0.05, 0.1) is 10.6 Å². The lowest BCUT2D eigenvalue weighted by molar-refractivity contribution is -0.116. The van der Waals surface area contributed by atoms with Crippen LogP contribution in [0.5, 0.6) is 0 Å². The average Bonchev–Trinajstić information content (AvgIpc) is 2.82. The molecule has 1 aliphatic heterocycles. The van der Waals surface area contributed by atoms with Crippen molar-refractivity contribution in [3.05, 3.63) is 69.7 Å². The standard InChI is InChI=1S/C17H12BrNO2S/c1-11(20)19(14-8-4-3-7-13(14)18)10-16-17(21)12-6-2-5-9-15(12)22-16/h2-10H,1H3/b16-10-. The first kappa shape index (κ1) is 15.1. The summed E-state index contributed by atoms with van der Waals surface area (Å²) in [6, 6.07) is 14.9. The van der Waals surface area contributed by atoms with Gasteiger partial charge in [-0.2, -0.15) is 0 Å². The Morgan fingerprint density at radius 2 is 1.82 bits per heavy atom. The highest BCUT2D eigenvalue weighted by atomic mass is 79.9. The summed E-state index contributed by atoms with van der Waals surface area (Å²) in [5, 5.41) is 0. The molecule has 2 aromatic carbocycles. The van der Waals surface area contributed by atoms with Gasteiger partial charge in [0.1, 0.15) is 0 Å². The number of ketones is 1. The number of Topliss-reactive ketones (excluding diaryl/α,β-unsaturated/α-hetero) is 1. The molecule has 0 spiro atoms. The fraction of sp³-hybridized carbons (Fsp3) is 0.0588. The van der Waals surface area contributed by atoms with Crippen LogP contribution in [0.4, 0.5) is 5.69 Å². The van der Waals surface area contributed by atoms with Crippen molar-refractivity contribution in [1.82, 2.24) is 0 Å². The molecule has 1 aliphatic rings. The van der Waals surface area contributed by atoms with Gasteiger partial charge in [-0.05, 0) is 40.2 Å². The number of hydrogen-bond acceptors (Lipinski definition) is 3. The van der Waals surface area contributed by atoms with E-state index in [0.717, 1.165) is 9.37 Å². The van der Waals surface area contributed by atoms with E-state index in [1.807, 2.05) is 48.5 Å². The molecule has 3 rings (SSSR count). The summed E-state index contributed by atoms with van der Waals surface area (Å²) >= 11 is 4.84. The Labute approximate surface area is 141 Å². The number of thioether (sulfide) groups is 1. The van der Waals surface area contributed by atoms with Crippen LogP contribution in [0.15, 0.2) is 69.0 Å². The van der Waals surface area contributed by atoms with Crippen molar-refractivity contribution < 1.29 is 9.59 Å². The third kappa shape index (κ3) is 2.74. The van der Waals surface area contributed by atoms with E-state index in [1.54, 1.807) is 6.20 Å². The molecule has 0 aromatic heterocycles. The summed E-state index contributed by atoms with van der Waals surface area (Å²) in [5.41, 5.74) is 1.40. The van der Waals surface area contributed by atoms with Gasteiger partial charge in [-0.25, -0.2) is 0 Å². The van der Waals surface area contributed by atoms with E-state index in [1.165, 1.54) is 23.6 Å². The second kappa shape index (κ2) is 6.10. The molecule has 1 heterocycles. The minimum atomic E-state index is -0.149. The molecule has 0 aliphatic carbocycles. The lowest BCUT2D eigenvalue weighted by Crippen LogP contribution is -2.23. The number of carbonyl (C=O) groups is 2. The largest absolute Gasteiger partial charge is 0.288 e. The monoisotopic (exact) mass is 373 g/mol. The summed E-state index contributed by atoms with van der Waals surface area (Å²) in [5.74, 6) is -0.192. The van der Waals surface area contributed by atoms with Gasteiger partial charge in [0.15, 0.2) is 0 Å². The molecule has 0 bridgehead atoms. The minimum Gasteiger partial charge on any atom is -0.288 e. The van der Waals surface area contributed by atoms with Crippen LogP contribution in [-0.4, -0.2) is 11.7 Å². The first-order valence-electron chi connectivity index (χ1n) is 6.65. The van der Waals surface area contributed by atoms with Crippen LogP contribution >= 0.6 is 27.7 Å². The highest BCUT2D eigenvalue weighted by molar-refractivity contribution is 9.10. The molecule has 0 saturated heterocycles. The fourth-order valence-corrected chi connectivity index (χ4v) is 3.71. The molecule has 3 nitrogen and oxygen atoms in total. The van der Waals surface area contributed by atoms with E-state index in [-0.39, 0.29) is 11.7 Å². The van der Waals surface area contributed by atoms with E-state index in [4.69, 9.17) is 0 Å². The Balaban J connectivity index is 2.01. The maximum Gasteiger partial charge on any atom is 0.228 e. The number of carbonyl (C=O) groups excluding carboxylic acids is 2. The number of amides is 1. The minimum absolute atomic E-state index is 0.0427. The molecule has 5 heteroatoms. The molecule has 110 valence electrons.